The third-order valence-electron chi connectivity index (χ3n) is 8.12. The highest BCUT2D eigenvalue weighted by molar-refractivity contribution is 5.97. The van der Waals surface area contributed by atoms with Crippen molar-refractivity contribution in [2.24, 2.45) is 0 Å². The number of piperidine rings is 1. The number of methoxy groups -OCH3 is 1. The lowest BCUT2D eigenvalue weighted by atomic mass is 9.88. The van der Waals surface area contributed by atoms with E-state index in [1.807, 2.05) is 12.1 Å². The van der Waals surface area contributed by atoms with E-state index >= 15 is 0 Å². The third-order valence-corrected chi connectivity index (χ3v) is 8.12. The van der Waals surface area contributed by atoms with Gasteiger partial charge in [-0.3, -0.25) is 4.79 Å². The SMILES string of the molecule is COC1OC1c1ccc(COc2ccc3c(c2)CCN(C2CCN(C4CCC4)CC2)C3=O)cc1. The fourth-order valence-corrected chi connectivity index (χ4v) is 5.72. The number of carbonyl (C=O) groups is 1. The van der Waals surface area contributed by atoms with E-state index in [-0.39, 0.29) is 18.3 Å². The molecule has 6 heteroatoms. The van der Waals surface area contributed by atoms with Crippen LogP contribution < -0.4 is 4.74 Å². The standard InChI is InChI=1S/C28H34N2O4/c1-32-28-26(34-28)20-7-5-19(6-8-20)18-33-24-9-10-25-21(17-24)11-16-30(27(25)31)23-12-14-29(15-13-23)22-3-2-4-22/h5-10,17,22-23,26,28H,2-4,11-16,18H2,1H3. The van der Waals surface area contributed by atoms with Crippen molar-refractivity contribution in [3.8, 4) is 5.75 Å². The molecule has 0 spiro atoms. The number of nitrogens with zero attached hydrogens (tertiary/aromatic N) is 2. The van der Waals surface area contributed by atoms with Gasteiger partial charge in [0, 0.05) is 44.4 Å². The molecule has 2 aromatic rings. The van der Waals surface area contributed by atoms with Crippen molar-refractivity contribution in [3.63, 3.8) is 0 Å². The van der Waals surface area contributed by atoms with Gasteiger partial charge < -0.3 is 24.0 Å². The van der Waals surface area contributed by atoms with Crippen molar-refractivity contribution in [2.75, 3.05) is 26.7 Å². The van der Waals surface area contributed by atoms with Crippen molar-refractivity contribution in [1.29, 1.82) is 0 Å². The zero-order valence-electron chi connectivity index (χ0n) is 19.9. The van der Waals surface area contributed by atoms with Crippen LogP contribution in [0.2, 0.25) is 0 Å². The number of epoxide rings is 1. The van der Waals surface area contributed by atoms with Crippen molar-refractivity contribution in [1.82, 2.24) is 9.80 Å². The Labute approximate surface area is 201 Å². The monoisotopic (exact) mass is 462 g/mol. The van der Waals surface area contributed by atoms with Crippen molar-refractivity contribution >= 4 is 5.91 Å². The zero-order valence-corrected chi connectivity index (χ0v) is 19.9. The van der Waals surface area contributed by atoms with Crippen LogP contribution in [-0.4, -0.2) is 60.8 Å². The van der Waals surface area contributed by atoms with Gasteiger partial charge in [-0.1, -0.05) is 30.7 Å². The summed E-state index contributed by atoms with van der Waals surface area (Å²) in [5.41, 5.74) is 4.19. The smallest absolute Gasteiger partial charge is 0.254 e. The summed E-state index contributed by atoms with van der Waals surface area (Å²) < 4.78 is 16.7. The Bertz CT molecular complexity index is 1030. The summed E-state index contributed by atoms with van der Waals surface area (Å²) in [6.45, 7) is 3.59. The molecule has 3 heterocycles. The number of hydrogen-bond acceptors (Lipinski definition) is 5. The number of rotatable bonds is 7. The second-order valence-electron chi connectivity index (χ2n) is 10.1. The summed E-state index contributed by atoms with van der Waals surface area (Å²) in [7, 11) is 1.66. The van der Waals surface area contributed by atoms with Crippen molar-refractivity contribution in [2.45, 2.75) is 69.6 Å². The Kier molecular flexibility index (Phi) is 6.06. The summed E-state index contributed by atoms with van der Waals surface area (Å²) >= 11 is 0. The molecule has 4 aliphatic rings. The molecule has 2 aromatic carbocycles. The van der Waals surface area contributed by atoms with Crippen LogP contribution >= 0.6 is 0 Å². The lowest BCUT2D eigenvalue weighted by molar-refractivity contribution is 0.0414. The molecular formula is C28H34N2O4. The first-order chi connectivity index (χ1) is 16.7. The van der Waals surface area contributed by atoms with Crippen LogP contribution in [0.1, 0.15) is 65.3 Å². The van der Waals surface area contributed by atoms with Gasteiger partial charge in [0.2, 0.25) is 0 Å². The highest BCUT2D eigenvalue weighted by atomic mass is 16.8. The van der Waals surface area contributed by atoms with Gasteiger partial charge in [0.1, 0.15) is 18.5 Å². The molecule has 3 fully saturated rings. The van der Waals surface area contributed by atoms with Crippen LogP contribution in [0, 0.1) is 0 Å². The first-order valence-corrected chi connectivity index (χ1v) is 12.8. The average molecular weight is 463 g/mol. The zero-order chi connectivity index (χ0) is 23.1. The number of fused-ring (bicyclic) bond motifs is 1. The largest absolute Gasteiger partial charge is 0.489 e. The average Bonchev–Trinajstić information content (AvgIpc) is 3.63. The van der Waals surface area contributed by atoms with E-state index in [4.69, 9.17) is 14.2 Å². The Balaban J connectivity index is 1.04. The van der Waals surface area contributed by atoms with Crippen molar-refractivity contribution in [3.05, 3.63) is 64.7 Å². The molecule has 2 saturated heterocycles. The maximum absolute atomic E-state index is 13.3. The van der Waals surface area contributed by atoms with Gasteiger partial charge in [-0.05, 0) is 67.0 Å². The lowest BCUT2D eigenvalue weighted by Gasteiger charge is -2.45. The van der Waals surface area contributed by atoms with E-state index in [1.54, 1.807) is 7.11 Å². The summed E-state index contributed by atoms with van der Waals surface area (Å²) in [6, 6.07) is 15.4. The number of hydrogen-bond donors (Lipinski definition) is 0. The van der Waals surface area contributed by atoms with Crippen LogP contribution in [-0.2, 0) is 22.5 Å². The first-order valence-electron chi connectivity index (χ1n) is 12.8. The van der Waals surface area contributed by atoms with E-state index in [0.29, 0.717) is 12.6 Å². The van der Waals surface area contributed by atoms with Gasteiger partial charge >= 0.3 is 0 Å². The van der Waals surface area contributed by atoms with Crippen LogP contribution in [0.5, 0.6) is 5.75 Å². The topological polar surface area (TPSA) is 54.5 Å². The second-order valence-corrected chi connectivity index (χ2v) is 10.1. The van der Waals surface area contributed by atoms with Crippen molar-refractivity contribution < 1.29 is 19.0 Å². The van der Waals surface area contributed by atoms with E-state index in [2.05, 4.69) is 40.1 Å². The molecule has 2 atom stereocenters. The first kappa shape index (κ1) is 22.1. The van der Waals surface area contributed by atoms with Gasteiger partial charge in [0.25, 0.3) is 5.91 Å². The predicted octanol–water partition coefficient (Wildman–Crippen LogP) is 4.32. The molecule has 0 N–H and O–H groups in total. The Morgan fingerprint density at radius 3 is 2.44 bits per heavy atom. The molecule has 0 aromatic heterocycles. The van der Waals surface area contributed by atoms with E-state index in [1.165, 1.54) is 19.3 Å². The van der Waals surface area contributed by atoms with Crippen LogP contribution in [0.3, 0.4) is 0 Å². The number of ether oxygens (including phenoxy) is 3. The maximum atomic E-state index is 13.3. The molecule has 1 amide bonds. The minimum absolute atomic E-state index is 0.0491. The third kappa shape index (κ3) is 4.35. The molecule has 180 valence electrons. The molecule has 6 rings (SSSR count). The van der Waals surface area contributed by atoms with Gasteiger partial charge in [-0.25, -0.2) is 0 Å². The number of carbonyl (C=O) groups excluding carboxylic acids is 1. The molecule has 6 nitrogen and oxygen atoms in total. The number of benzene rings is 2. The minimum Gasteiger partial charge on any atom is -0.489 e. The molecule has 0 radical (unpaired) electrons. The molecule has 0 bridgehead atoms. The van der Waals surface area contributed by atoms with Gasteiger partial charge in [0.05, 0.1) is 0 Å². The van der Waals surface area contributed by atoms with Gasteiger partial charge in [-0.2, -0.15) is 0 Å². The van der Waals surface area contributed by atoms with Crippen LogP contribution in [0.15, 0.2) is 42.5 Å². The van der Waals surface area contributed by atoms with Gasteiger partial charge in [0.15, 0.2) is 6.29 Å². The van der Waals surface area contributed by atoms with Crippen LogP contribution in [0.4, 0.5) is 0 Å². The minimum atomic E-state index is -0.114. The Morgan fingerprint density at radius 2 is 1.76 bits per heavy atom. The molecule has 1 aliphatic carbocycles. The number of likely N-dealkylation sites (tertiary alicyclic amines) is 1. The summed E-state index contributed by atoms with van der Waals surface area (Å²) in [5.74, 6) is 1.02. The van der Waals surface area contributed by atoms with E-state index < -0.39 is 0 Å². The Hall–Kier alpha value is -2.41. The Morgan fingerprint density at radius 1 is 0.971 bits per heavy atom. The molecule has 1 saturated carbocycles. The quantitative estimate of drug-likeness (QED) is 0.574. The fourth-order valence-electron chi connectivity index (χ4n) is 5.72. The van der Waals surface area contributed by atoms with E-state index in [0.717, 1.165) is 72.9 Å². The molecule has 3 aliphatic heterocycles. The summed E-state index contributed by atoms with van der Waals surface area (Å²) in [4.78, 5) is 18.1. The fraction of sp³-hybridized carbons (Fsp3) is 0.536. The number of amides is 1. The highest BCUT2D eigenvalue weighted by Crippen LogP contribution is 2.39. The highest BCUT2D eigenvalue weighted by Gasteiger charge is 2.40. The van der Waals surface area contributed by atoms with Gasteiger partial charge in [-0.15, -0.1) is 0 Å². The predicted molar refractivity (Wildman–Crippen MR) is 129 cm³/mol. The second kappa shape index (κ2) is 9.33. The molecular weight excluding hydrogens is 428 g/mol. The molecule has 2 unspecified atom stereocenters. The van der Waals surface area contributed by atoms with E-state index in [9.17, 15) is 4.79 Å². The maximum Gasteiger partial charge on any atom is 0.254 e. The normalized spacial score (nSPS) is 25.7. The molecule has 34 heavy (non-hydrogen) atoms. The summed E-state index contributed by atoms with van der Waals surface area (Å²) in [6.07, 6.45) is 7.16. The van der Waals surface area contributed by atoms with Crippen LogP contribution in [0.25, 0.3) is 0 Å². The lowest BCUT2D eigenvalue weighted by Crippen LogP contribution is -2.52. The summed E-state index contributed by atoms with van der Waals surface area (Å²) in [5, 5.41) is 0.